The number of benzene rings is 1. The second kappa shape index (κ2) is 6.21. The van der Waals surface area contributed by atoms with Gasteiger partial charge in [-0.1, -0.05) is 30.3 Å². The molecule has 0 spiro atoms. The molecular formula is C14H19NO2. The zero-order chi connectivity index (χ0) is 12.8. The van der Waals surface area contributed by atoms with Crippen LogP contribution >= 0.6 is 0 Å². The van der Waals surface area contributed by atoms with Crippen molar-refractivity contribution in [2.45, 2.75) is 26.8 Å². The number of carbonyl (C=O) groups is 1. The van der Waals surface area contributed by atoms with E-state index in [4.69, 9.17) is 5.11 Å². The monoisotopic (exact) mass is 233 g/mol. The first kappa shape index (κ1) is 13.5. The van der Waals surface area contributed by atoms with Crippen LogP contribution in [0.25, 0.3) is 0 Å². The standard InChI is InChI=1S/C14H19NO2/c1-10-6-4-5-7-13(10)12(3)15-9-8-11(2)14(16)17/h4-8,12,15H,9H2,1-3H3,(H,16,17)/b11-8-/t12-/m1/s1. The molecule has 0 radical (unpaired) electrons. The van der Waals surface area contributed by atoms with Crippen molar-refractivity contribution in [2.24, 2.45) is 0 Å². The molecule has 0 aromatic heterocycles. The van der Waals surface area contributed by atoms with Crippen LogP contribution in [0.4, 0.5) is 0 Å². The van der Waals surface area contributed by atoms with Gasteiger partial charge in [0.2, 0.25) is 0 Å². The van der Waals surface area contributed by atoms with Gasteiger partial charge in [0.05, 0.1) is 0 Å². The number of carboxylic acid groups (broad SMARTS) is 1. The van der Waals surface area contributed by atoms with Gasteiger partial charge in [-0.2, -0.15) is 0 Å². The van der Waals surface area contributed by atoms with E-state index in [1.807, 2.05) is 12.1 Å². The first-order valence-corrected chi connectivity index (χ1v) is 5.71. The summed E-state index contributed by atoms with van der Waals surface area (Å²) in [6, 6.07) is 8.40. The first-order valence-electron chi connectivity index (χ1n) is 5.71. The summed E-state index contributed by atoms with van der Waals surface area (Å²) < 4.78 is 0. The number of hydrogen-bond donors (Lipinski definition) is 2. The Kier molecular flexibility index (Phi) is 4.91. The van der Waals surface area contributed by atoms with Crippen LogP contribution in [0.5, 0.6) is 0 Å². The number of rotatable bonds is 5. The Balaban J connectivity index is 2.57. The molecule has 0 fully saturated rings. The number of aryl methyl sites for hydroxylation is 1. The van der Waals surface area contributed by atoms with Crippen molar-refractivity contribution in [1.29, 1.82) is 0 Å². The summed E-state index contributed by atoms with van der Waals surface area (Å²) >= 11 is 0. The Bertz CT molecular complexity index is 424. The van der Waals surface area contributed by atoms with Crippen molar-refractivity contribution >= 4 is 5.97 Å². The molecule has 1 aromatic carbocycles. The van der Waals surface area contributed by atoms with Crippen LogP contribution in [0.3, 0.4) is 0 Å². The molecule has 3 heteroatoms. The summed E-state index contributed by atoms with van der Waals surface area (Å²) in [6.45, 7) is 6.31. The Labute approximate surface area is 102 Å². The van der Waals surface area contributed by atoms with Crippen LogP contribution in [-0.2, 0) is 4.79 Å². The number of nitrogens with one attached hydrogen (secondary N) is 1. The summed E-state index contributed by atoms with van der Waals surface area (Å²) in [7, 11) is 0. The molecule has 0 heterocycles. The minimum Gasteiger partial charge on any atom is -0.478 e. The summed E-state index contributed by atoms with van der Waals surface area (Å²) in [4.78, 5) is 10.6. The van der Waals surface area contributed by atoms with Gasteiger partial charge < -0.3 is 10.4 Å². The van der Waals surface area contributed by atoms with Gasteiger partial charge in [0, 0.05) is 18.2 Å². The molecule has 0 aliphatic heterocycles. The molecule has 0 aliphatic rings. The molecule has 0 unspecified atom stereocenters. The molecule has 2 N–H and O–H groups in total. The third kappa shape index (κ3) is 4.04. The largest absolute Gasteiger partial charge is 0.478 e. The van der Waals surface area contributed by atoms with Crippen molar-refractivity contribution in [2.75, 3.05) is 6.54 Å². The predicted octanol–water partition coefficient (Wildman–Crippen LogP) is 2.68. The SMILES string of the molecule is C/C(=C/CN[C@H](C)c1ccccc1C)C(=O)O. The van der Waals surface area contributed by atoms with E-state index in [1.165, 1.54) is 11.1 Å². The molecule has 0 saturated heterocycles. The lowest BCUT2D eigenvalue weighted by molar-refractivity contribution is -0.132. The maximum atomic E-state index is 10.6. The Morgan fingerprint density at radius 3 is 2.71 bits per heavy atom. The van der Waals surface area contributed by atoms with Crippen molar-refractivity contribution in [1.82, 2.24) is 5.32 Å². The van der Waals surface area contributed by atoms with Gasteiger partial charge in [0.25, 0.3) is 0 Å². The van der Waals surface area contributed by atoms with E-state index in [2.05, 4.69) is 31.3 Å². The van der Waals surface area contributed by atoms with Crippen molar-refractivity contribution < 1.29 is 9.90 Å². The molecule has 3 nitrogen and oxygen atoms in total. The second-order valence-electron chi connectivity index (χ2n) is 4.18. The van der Waals surface area contributed by atoms with E-state index < -0.39 is 5.97 Å². The molecule has 17 heavy (non-hydrogen) atoms. The lowest BCUT2D eigenvalue weighted by Crippen LogP contribution is -2.20. The third-order valence-electron chi connectivity index (χ3n) is 2.82. The Morgan fingerprint density at radius 1 is 1.47 bits per heavy atom. The lowest BCUT2D eigenvalue weighted by Gasteiger charge is -2.15. The molecule has 0 saturated carbocycles. The van der Waals surface area contributed by atoms with Gasteiger partial charge in [-0.05, 0) is 31.9 Å². The highest BCUT2D eigenvalue weighted by Gasteiger charge is 2.06. The summed E-state index contributed by atoms with van der Waals surface area (Å²) in [5, 5.41) is 12.0. The van der Waals surface area contributed by atoms with Crippen LogP contribution < -0.4 is 5.32 Å². The topological polar surface area (TPSA) is 49.3 Å². The average molecular weight is 233 g/mol. The maximum Gasteiger partial charge on any atom is 0.330 e. The van der Waals surface area contributed by atoms with E-state index in [1.54, 1.807) is 13.0 Å². The fraction of sp³-hybridized carbons (Fsp3) is 0.357. The first-order chi connectivity index (χ1) is 8.02. The van der Waals surface area contributed by atoms with Gasteiger partial charge in [0.15, 0.2) is 0 Å². The fourth-order valence-corrected chi connectivity index (χ4v) is 1.66. The zero-order valence-electron chi connectivity index (χ0n) is 10.5. The predicted molar refractivity (Wildman–Crippen MR) is 69.0 cm³/mol. The summed E-state index contributed by atoms with van der Waals surface area (Å²) in [6.07, 6.45) is 1.69. The van der Waals surface area contributed by atoms with E-state index in [9.17, 15) is 4.79 Å². The van der Waals surface area contributed by atoms with E-state index >= 15 is 0 Å². The molecule has 0 amide bonds. The fourth-order valence-electron chi connectivity index (χ4n) is 1.66. The highest BCUT2D eigenvalue weighted by molar-refractivity contribution is 5.85. The van der Waals surface area contributed by atoms with Crippen molar-refractivity contribution in [3.05, 3.63) is 47.0 Å². The van der Waals surface area contributed by atoms with E-state index in [0.717, 1.165) is 0 Å². The van der Waals surface area contributed by atoms with Crippen LogP contribution in [0.15, 0.2) is 35.9 Å². The summed E-state index contributed by atoms with van der Waals surface area (Å²) in [5.74, 6) is -0.865. The van der Waals surface area contributed by atoms with Crippen LogP contribution in [0, 0.1) is 6.92 Å². The zero-order valence-corrected chi connectivity index (χ0v) is 10.5. The number of carboxylic acids is 1. The molecule has 0 bridgehead atoms. The van der Waals surface area contributed by atoms with Crippen molar-refractivity contribution in [3.63, 3.8) is 0 Å². The maximum absolute atomic E-state index is 10.6. The van der Waals surface area contributed by atoms with Gasteiger partial charge in [-0.3, -0.25) is 0 Å². The van der Waals surface area contributed by atoms with Crippen LogP contribution in [-0.4, -0.2) is 17.6 Å². The second-order valence-corrected chi connectivity index (χ2v) is 4.18. The normalized spacial score (nSPS) is 13.5. The Morgan fingerprint density at radius 2 is 2.12 bits per heavy atom. The van der Waals surface area contributed by atoms with E-state index in [0.29, 0.717) is 12.1 Å². The van der Waals surface area contributed by atoms with Gasteiger partial charge in [-0.25, -0.2) is 4.79 Å². The smallest absolute Gasteiger partial charge is 0.330 e. The van der Waals surface area contributed by atoms with Gasteiger partial charge >= 0.3 is 5.97 Å². The highest BCUT2D eigenvalue weighted by Crippen LogP contribution is 2.16. The quantitative estimate of drug-likeness (QED) is 0.769. The lowest BCUT2D eigenvalue weighted by atomic mass is 10.0. The highest BCUT2D eigenvalue weighted by atomic mass is 16.4. The molecule has 1 atom stereocenters. The van der Waals surface area contributed by atoms with Crippen LogP contribution in [0.2, 0.25) is 0 Å². The van der Waals surface area contributed by atoms with Crippen molar-refractivity contribution in [3.8, 4) is 0 Å². The minimum atomic E-state index is -0.865. The molecular weight excluding hydrogens is 214 g/mol. The van der Waals surface area contributed by atoms with E-state index in [-0.39, 0.29) is 6.04 Å². The van der Waals surface area contributed by atoms with Gasteiger partial charge in [-0.15, -0.1) is 0 Å². The van der Waals surface area contributed by atoms with Crippen LogP contribution in [0.1, 0.15) is 31.0 Å². The van der Waals surface area contributed by atoms with Gasteiger partial charge in [0.1, 0.15) is 0 Å². The molecule has 1 rings (SSSR count). The third-order valence-corrected chi connectivity index (χ3v) is 2.82. The number of hydrogen-bond acceptors (Lipinski definition) is 2. The summed E-state index contributed by atoms with van der Waals surface area (Å²) in [5.41, 5.74) is 2.86. The minimum absolute atomic E-state index is 0.217. The molecule has 1 aromatic rings. The Hall–Kier alpha value is -1.61. The number of aliphatic carboxylic acids is 1. The molecule has 0 aliphatic carbocycles. The molecule has 92 valence electrons. The average Bonchev–Trinajstić information content (AvgIpc) is 2.29.